The van der Waals surface area contributed by atoms with E-state index >= 15 is 0 Å². The Morgan fingerprint density at radius 3 is 2.16 bits per heavy atom. The van der Waals surface area contributed by atoms with E-state index in [0.29, 0.717) is 31.7 Å². The largest absolute Gasteiger partial charge is 0.368 e. The number of sulfonamides is 1. The van der Waals surface area contributed by atoms with Gasteiger partial charge < -0.3 is 9.80 Å². The predicted molar refractivity (Wildman–Crippen MR) is 124 cm³/mol. The molecule has 1 amide bonds. The van der Waals surface area contributed by atoms with Gasteiger partial charge in [-0.15, -0.1) is 0 Å². The molecule has 2 fully saturated rings. The van der Waals surface area contributed by atoms with E-state index in [1.165, 1.54) is 16.8 Å². The monoisotopic (exact) mass is 441 g/mol. The number of piperazine rings is 1. The summed E-state index contributed by atoms with van der Waals surface area (Å²) in [5.41, 5.74) is 5.16. The molecule has 0 spiro atoms. The van der Waals surface area contributed by atoms with Crippen LogP contribution in [0.3, 0.4) is 0 Å². The Kier molecular flexibility index (Phi) is 6.34. The van der Waals surface area contributed by atoms with Crippen molar-refractivity contribution in [2.24, 2.45) is 0 Å². The number of carbonyl (C=O) groups excluding carboxylic acids is 1. The summed E-state index contributed by atoms with van der Waals surface area (Å²) in [6.45, 7) is 8.48. The average molecular weight is 442 g/mol. The van der Waals surface area contributed by atoms with Crippen molar-refractivity contribution >= 4 is 21.6 Å². The van der Waals surface area contributed by atoms with Gasteiger partial charge in [-0.2, -0.15) is 0 Å². The minimum Gasteiger partial charge on any atom is -0.368 e. The summed E-state index contributed by atoms with van der Waals surface area (Å²) >= 11 is 0. The molecule has 0 aromatic heterocycles. The van der Waals surface area contributed by atoms with Crippen LogP contribution >= 0.6 is 0 Å². The highest BCUT2D eigenvalue weighted by Crippen LogP contribution is 2.24. The van der Waals surface area contributed by atoms with Gasteiger partial charge in [0.25, 0.3) is 5.91 Å². The van der Waals surface area contributed by atoms with Crippen molar-refractivity contribution in [2.45, 2.75) is 32.4 Å². The van der Waals surface area contributed by atoms with Gasteiger partial charge in [0.15, 0.2) is 0 Å². The van der Waals surface area contributed by atoms with E-state index in [1.54, 1.807) is 28.6 Å². The Bertz CT molecular complexity index is 1040. The van der Waals surface area contributed by atoms with Crippen LogP contribution in [-0.4, -0.2) is 62.8 Å². The fourth-order valence-corrected chi connectivity index (χ4v) is 6.03. The number of nitrogens with zero attached hydrogens (tertiary/aromatic N) is 3. The van der Waals surface area contributed by atoms with Crippen LogP contribution in [0, 0.1) is 13.8 Å². The molecule has 0 unspecified atom stereocenters. The molecular formula is C24H31N3O3S. The van der Waals surface area contributed by atoms with Crippen molar-refractivity contribution in [3.63, 3.8) is 0 Å². The van der Waals surface area contributed by atoms with Crippen LogP contribution in [0.1, 0.15) is 39.9 Å². The highest BCUT2D eigenvalue weighted by Gasteiger charge is 2.26. The van der Waals surface area contributed by atoms with E-state index in [4.69, 9.17) is 0 Å². The second-order valence-corrected chi connectivity index (χ2v) is 10.5. The molecule has 2 saturated heterocycles. The maximum Gasteiger partial charge on any atom is 0.253 e. The molecule has 2 heterocycles. The summed E-state index contributed by atoms with van der Waals surface area (Å²) in [6, 6.07) is 13.4. The maximum atomic E-state index is 13.0. The van der Waals surface area contributed by atoms with Gasteiger partial charge in [-0.05, 0) is 61.6 Å². The highest BCUT2D eigenvalue weighted by atomic mass is 32.2. The third-order valence-electron chi connectivity index (χ3n) is 6.49. The lowest BCUT2D eigenvalue weighted by Crippen LogP contribution is -2.49. The number of hydrogen-bond donors (Lipinski definition) is 0. The van der Waals surface area contributed by atoms with Gasteiger partial charge >= 0.3 is 0 Å². The van der Waals surface area contributed by atoms with Crippen molar-refractivity contribution in [1.29, 1.82) is 0 Å². The Morgan fingerprint density at radius 1 is 0.871 bits per heavy atom. The number of hydrogen-bond acceptors (Lipinski definition) is 4. The zero-order valence-electron chi connectivity index (χ0n) is 18.4. The SMILES string of the molecule is Cc1cccc(N2CCN(C(=O)c3ccc(CS(=O)(=O)N4CCCC4)cc3)CC2)c1C. The molecule has 2 aliphatic rings. The quantitative estimate of drug-likeness (QED) is 0.715. The van der Waals surface area contributed by atoms with Crippen LogP contribution in [0.2, 0.25) is 0 Å². The lowest BCUT2D eigenvalue weighted by molar-refractivity contribution is 0.0746. The summed E-state index contributed by atoms with van der Waals surface area (Å²) in [5.74, 6) is 0.00488. The van der Waals surface area contributed by atoms with Gasteiger partial charge in [-0.3, -0.25) is 4.79 Å². The van der Waals surface area contributed by atoms with Crippen molar-refractivity contribution in [2.75, 3.05) is 44.2 Å². The Balaban J connectivity index is 1.36. The molecule has 166 valence electrons. The molecule has 0 bridgehead atoms. The van der Waals surface area contributed by atoms with Gasteiger partial charge in [0, 0.05) is 50.5 Å². The normalized spacial score (nSPS) is 17.9. The molecule has 31 heavy (non-hydrogen) atoms. The van der Waals surface area contributed by atoms with Crippen LogP contribution < -0.4 is 4.90 Å². The lowest BCUT2D eigenvalue weighted by atomic mass is 10.1. The zero-order valence-corrected chi connectivity index (χ0v) is 19.2. The van der Waals surface area contributed by atoms with Crippen LogP contribution in [0.5, 0.6) is 0 Å². The molecule has 2 aromatic rings. The van der Waals surface area contributed by atoms with E-state index in [2.05, 4.69) is 36.9 Å². The first-order chi connectivity index (χ1) is 14.8. The van der Waals surface area contributed by atoms with Gasteiger partial charge in [0.05, 0.1) is 5.75 Å². The molecule has 0 saturated carbocycles. The number of aryl methyl sites for hydroxylation is 1. The molecule has 0 N–H and O–H groups in total. The van der Waals surface area contributed by atoms with Crippen LogP contribution in [0.15, 0.2) is 42.5 Å². The van der Waals surface area contributed by atoms with Crippen molar-refractivity contribution in [3.05, 3.63) is 64.7 Å². The molecule has 7 heteroatoms. The van der Waals surface area contributed by atoms with Crippen molar-refractivity contribution in [3.8, 4) is 0 Å². The minimum atomic E-state index is -3.27. The molecular weight excluding hydrogens is 410 g/mol. The lowest BCUT2D eigenvalue weighted by Gasteiger charge is -2.37. The van der Waals surface area contributed by atoms with Crippen LogP contribution in [-0.2, 0) is 15.8 Å². The van der Waals surface area contributed by atoms with Gasteiger partial charge in [-0.1, -0.05) is 24.3 Å². The van der Waals surface area contributed by atoms with E-state index in [1.807, 2.05) is 4.90 Å². The summed E-state index contributed by atoms with van der Waals surface area (Å²) in [6.07, 6.45) is 1.87. The molecule has 0 radical (unpaired) electrons. The minimum absolute atomic E-state index is 0.00398. The maximum absolute atomic E-state index is 13.0. The van der Waals surface area contributed by atoms with Crippen LogP contribution in [0.4, 0.5) is 5.69 Å². The predicted octanol–water partition coefficient (Wildman–Crippen LogP) is 3.19. The van der Waals surface area contributed by atoms with Crippen molar-refractivity contribution < 1.29 is 13.2 Å². The smallest absolute Gasteiger partial charge is 0.253 e. The van der Waals surface area contributed by atoms with E-state index in [-0.39, 0.29) is 11.7 Å². The first-order valence-electron chi connectivity index (χ1n) is 11.0. The zero-order chi connectivity index (χ0) is 22.0. The third-order valence-corrected chi connectivity index (χ3v) is 8.34. The standard InChI is InChI=1S/C24H31N3O3S/c1-19-6-5-7-23(20(19)2)25-14-16-26(17-15-25)24(28)22-10-8-21(9-11-22)18-31(29,30)27-12-3-4-13-27/h5-11H,3-4,12-18H2,1-2H3. The number of carbonyl (C=O) groups is 1. The van der Waals surface area contributed by atoms with E-state index in [0.717, 1.165) is 31.5 Å². The van der Waals surface area contributed by atoms with E-state index < -0.39 is 10.0 Å². The molecule has 4 rings (SSSR count). The van der Waals surface area contributed by atoms with Crippen LogP contribution in [0.25, 0.3) is 0 Å². The first kappa shape index (κ1) is 21.8. The third kappa shape index (κ3) is 4.77. The number of anilines is 1. The fourth-order valence-electron chi connectivity index (χ4n) is 4.42. The Labute approximate surface area is 185 Å². The van der Waals surface area contributed by atoms with Crippen molar-refractivity contribution in [1.82, 2.24) is 9.21 Å². The second kappa shape index (κ2) is 9.01. The topological polar surface area (TPSA) is 60.9 Å². The molecule has 2 aromatic carbocycles. The number of benzene rings is 2. The summed E-state index contributed by atoms with van der Waals surface area (Å²) in [4.78, 5) is 17.2. The van der Waals surface area contributed by atoms with Gasteiger partial charge in [-0.25, -0.2) is 12.7 Å². The van der Waals surface area contributed by atoms with E-state index in [9.17, 15) is 13.2 Å². The Morgan fingerprint density at radius 2 is 1.52 bits per heavy atom. The second-order valence-electron chi connectivity index (χ2n) is 8.56. The van der Waals surface area contributed by atoms with Gasteiger partial charge in [0.1, 0.15) is 0 Å². The Hall–Kier alpha value is -2.38. The van der Waals surface area contributed by atoms with Gasteiger partial charge in [0.2, 0.25) is 10.0 Å². The highest BCUT2D eigenvalue weighted by molar-refractivity contribution is 7.88. The summed E-state index contributed by atoms with van der Waals surface area (Å²) < 4.78 is 26.6. The summed E-state index contributed by atoms with van der Waals surface area (Å²) in [5, 5.41) is 0. The first-order valence-corrected chi connectivity index (χ1v) is 12.6. The summed E-state index contributed by atoms with van der Waals surface area (Å²) in [7, 11) is -3.27. The fraction of sp³-hybridized carbons (Fsp3) is 0.458. The molecule has 6 nitrogen and oxygen atoms in total. The molecule has 0 aliphatic carbocycles. The molecule has 0 atom stereocenters. The average Bonchev–Trinajstić information content (AvgIpc) is 3.32. The molecule has 2 aliphatic heterocycles. The number of amides is 1. The number of rotatable bonds is 5.